The average molecular weight is 676 g/mol. The summed E-state index contributed by atoms with van der Waals surface area (Å²) < 4.78 is 185. The van der Waals surface area contributed by atoms with Gasteiger partial charge in [0.05, 0.1) is 0 Å². The molecule has 0 fully saturated rings. The summed E-state index contributed by atoms with van der Waals surface area (Å²) in [5.41, 5.74) is -7.25. The van der Waals surface area contributed by atoms with Crippen molar-refractivity contribution in [2.24, 2.45) is 0 Å². The van der Waals surface area contributed by atoms with E-state index in [0.29, 0.717) is 12.1 Å². The third-order valence-corrected chi connectivity index (χ3v) is 17.7. The zero-order chi connectivity index (χ0) is 27.9. The van der Waals surface area contributed by atoms with Gasteiger partial charge in [-0.3, -0.25) is 0 Å². The van der Waals surface area contributed by atoms with Crippen molar-refractivity contribution in [3.63, 3.8) is 0 Å². The van der Waals surface area contributed by atoms with Crippen LogP contribution >= 0.6 is 0 Å². The molecule has 1 aliphatic heterocycles. The van der Waals surface area contributed by atoms with Crippen LogP contribution in [0.15, 0.2) is 36.4 Å². The normalized spacial score (nSPS) is 17.5. The average Bonchev–Trinajstić information content (AvgIpc) is 2.95. The number of halogens is 12. The Kier molecular flexibility index (Phi) is 6.53. The van der Waals surface area contributed by atoms with E-state index in [0.717, 1.165) is 24.3 Å². The molecule has 36 heavy (non-hydrogen) atoms. The summed E-state index contributed by atoms with van der Waals surface area (Å²) in [5.74, 6) is -14.9. The SMILES string of the molecule is Cc1ccc2c(c1)-c1cc(C)ccc1[Te]2(OS(=O)(=O)C(F)(F)F)C(F)(F)C(F)(F)C(F)(F)C(F)(F)F. The van der Waals surface area contributed by atoms with E-state index in [2.05, 4.69) is 2.55 Å². The molecule has 0 bridgehead atoms. The molecule has 0 radical (unpaired) electrons. The number of rotatable bonds is 5. The van der Waals surface area contributed by atoms with Gasteiger partial charge in [0.15, 0.2) is 0 Å². The van der Waals surface area contributed by atoms with Crippen LogP contribution in [0.3, 0.4) is 0 Å². The van der Waals surface area contributed by atoms with Gasteiger partial charge < -0.3 is 0 Å². The van der Waals surface area contributed by atoms with Crippen molar-refractivity contribution in [2.75, 3.05) is 0 Å². The van der Waals surface area contributed by atoms with Crippen LogP contribution in [0.4, 0.5) is 52.7 Å². The van der Waals surface area contributed by atoms with Crippen molar-refractivity contribution in [3.05, 3.63) is 47.5 Å². The number of alkyl halides is 12. The molecule has 3 rings (SSSR count). The quantitative estimate of drug-likeness (QED) is 0.248. The van der Waals surface area contributed by atoms with Gasteiger partial charge in [-0.1, -0.05) is 0 Å². The van der Waals surface area contributed by atoms with Gasteiger partial charge in [0, 0.05) is 0 Å². The van der Waals surface area contributed by atoms with E-state index >= 15 is 8.78 Å². The van der Waals surface area contributed by atoms with Gasteiger partial charge in [-0.05, 0) is 0 Å². The predicted molar refractivity (Wildman–Crippen MR) is 103 cm³/mol. The summed E-state index contributed by atoms with van der Waals surface area (Å²) >= 11 is -8.00. The molecule has 1 heterocycles. The van der Waals surface area contributed by atoms with Crippen LogP contribution in [0.5, 0.6) is 0 Å². The van der Waals surface area contributed by atoms with Crippen LogP contribution in [-0.4, -0.2) is 54.5 Å². The Morgan fingerprint density at radius 2 is 1.06 bits per heavy atom. The first-order valence-electron chi connectivity index (χ1n) is 9.23. The minimum absolute atomic E-state index is 0.189. The fourth-order valence-electron chi connectivity index (χ4n) is 3.43. The van der Waals surface area contributed by atoms with E-state index < -0.39 is 74.6 Å². The molecule has 1 aliphatic rings. The topological polar surface area (TPSA) is 43.4 Å². The van der Waals surface area contributed by atoms with Gasteiger partial charge in [0.2, 0.25) is 0 Å². The third-order valence-electron chi connectivity index (χ3n) is 5.13. The molecule has 0 aliphatic carbocycles. The zero-order valence-electron chi connectivity index (χ0n) is 17.5. The molecule has 0 aromatic heterocycles. The van der Waals surface area contributed by atoms with Crippen molar-refractivity contribution >= 4 is 35.9 Å². The summed E-state index contributed by atoms with van der Waals surface area (Å²) in [5, 5.41) is 0. The minimum atomic E-state index is -8.00. The molecule has 0 atom stereocenters. The fourth-order valence-corrected chi connectivity index (χ4v) is 16.8. The van der Waals surface area contributed by atoms with E-state index in [9.17, 15) is 52.3 Å². The van der Waals surface area contributed by atoms with Gasteiger partial charge in [0.25, 0.3) is 0 Å². The van der Waals surface area contributed by atoms with Crippen molar-refractivity contribution in [1.82, 2.24) is 0 Å². The van der Waals surface area contributed by atoms with Crippen molar-refractivity contribution in [1.29, 1.82) is 0 Å². The Morgan fingerprint density at radius 3 is 1.39 bits per heavy atom. The molecule has 0 spiro atoms. The molecule has 0 saturated heterocycles. The molecule has 3 nitrogen and oxygen atoms in total. The third kappa shape index (κ3) is 3.80. The van der Waals surface area contributed by atoms with Crippen molar-refractivity contribution in [2.45, 2.75) is 41.3 Å². The van der Waals surface area contributed by atoms with E-state index in [1.54, 1.807) is 0 Å². The summed E-state index contributed by atoms with van der Waals surface area (Å²) in [7, 11) is -7.22. The molecule has 17 heteroatoms. The van der Waals surface area contributed by atoms with Crippen LogP contribution in [0.1, 0.15) is 11.1 Å². The second-order valence-electron chi connectivity index (χ2n) is 7.69. The Bertz CT molecular complexity index is 1260. The summed E-state index contributed by atoms with van der Waals surface area (Å²) in [6.45, 7) is 2.64. The first-order chi connectivity index (χ1) is 16.0. The number of hydrogen-bond acceptors (Lipinski definition) is 3. The Hall–Kier alpha value is -1.70. The van der Waals surface area contributed by atoms with E-state index in [1.807, 2.05) is 0 Å². The van der Waals surface area contributed by atoms with Gasteiger partial charge >= 0.3 is 200 Å². The number of fused-ring (bicyclic) bond motifs is 3. The number of benzene rings is 2. The molecule has 0 amide bonds. The molecule has 0 saturated carbocycles. The molecular weight excluding hydrogens is 664 g/mol. The standard InChI is InChI=1S/C19H12F12O3STe/c1-9-3-5-13-11(7-9)12-8-10(2)4-6-14(12)36(13,34-35(32,33)19(29,30)31)18(27,28)16(22,23)15(20,21)17(24,25)26/h3-8H,1-2H3. The molecule has 0 unspecified atom stereocenters. The molecule has 202 valence electrons. The van der Waals surface area contributed by atoms with Crippen LogP contribution in [0, 0.1) is 13.8 Å². The fraction of sp³-hybridized carbons (Fsp3) is 0.368. The number of aryl methyl sites for hydroxylation is 2. The van der Waals surface area contributed by atoms with Crippen LogP contribution in [-0.2, 0) is 12.7 Å². The van der Waals surface area contributed by atoms with Gasteiger partial charge in [-0.15, -0.1) is 0 Å². The first-order valence-corrected chi connectivity index (χ1v) is 15.1. The van der Waals surface area contributed by atoms with Gasteiger partial charge in [-0.25, -0.2) is 0 Å². The maximum absolute atomic E-state index is 15.7. The van der Waals surface area contributed by atoms with Crippen LogP contribution in [0.25, 0.3) is 11.1 Å². The number of hydrogen-bond donors (Lipinski definition) is 0. The summed E-state index contributed by atoms with van der Waals surface area (Å²) in [6, 6.07) is 4.59. The van der Waals surface area contributed by atoms with E-state index in [-0.39, 0.29) is 11.1 Å². The molecule has 2 aromatic rings. The Balaban J connectivity index is 2.55. The summed E-state index contributed by atoms with van der Waals surface area (Å²) in [6.07, 6.45) is -7.29. The van der Waals surface area contributed by atoms with Crippen LogP contribution in [0.2, 0.25) is 0 Å². The summed E-state index contributed by atoms with van der Waals surface area (Å²) in [4.78, 5) is 0. The Morgan fingerprint density at radius 1 is 0.667 bits per heavy atom. The van der Waals surface area contributed by atoms with Crippen LogP contribution < -0.4 is 7.22 Å². The zero-order valence-corrected chi connectivity index (χ0v) is 20.7. The molecule has 2 aromatic carbocycles. The first kappa shape index (κ1) is 28.9. The second-order valence-corrected chi connectivity index (χ2v) is 17.5. The molecular formula is C19H12F12O3STe. The maximum atomic E-state index is 15.7. The van der Waals surface area contributed by atoms with Crippen molar-refractivity contribution in [3.8, 4) is 11.1 Å². The van der Waals surface area contributed by atoms with E-state index in [1.165, 1.54) is 13.8 Å². The second kappa shape index (κ2) is 8.15. The predicted octanol–water partition coefficient (Wildman–Crippen LogP) is 5.22. The van der Waals surface area contributed by atoms with Crippen molar-refractivity contribution < 1.29 is 63.7 Å². The molecule has 0 N–H and O–H groups in total. The van der Waals surface area contributed by atoms with E-state index in [4.69, 9.17) is 0 Å². The monoisotopic (exact) mass is 678 g/mol. The van der Waals surface area contributed by atoms with Gasteiger partial charge in [0.1, 0.15) is 0 Å². The Labute approximate surface area is 199 Å². The van der Waals surface area contributed by atoms with Gasteiger partial charge in [-0.2, -0.15) is 0 Å².